The largest absolute Gasteiger partial charge is 0.352 e. The Morgan fingerprint density at radius 3 is 2.08 bits per heavy atom. The van der Waals surface area contributed by atoms with Crippen molar-refractivity contribution in [2.75, 3.05) is 37.6 Å². The Kier molecular flexibility index (Phi) is 7.68. The SMILES string of the molecule is N#C[C@@H](C(=O)NCc1ccccc1)c1nc2ccccc2nc1N1CCN(CCc2ccccc2)CC1. The second kappa shape index (κ2) is 11.6. The average molecular weight is 491 g/mol. The molecule has 1 N–H and O–H groups in total. The van der Waals surface area contributed by atoms with E-state index in [-0.39, 0.29) is 5.91 Å². The first kappa shape index (κ1) is 24.4. The molecule has 1 atom stereocenters. The molecule has 0 unspecified atom stereocenters. The van der Waals surface area contributed by atoms with Crippen molar-refractivity contribution in [2.24, 2.45) is 0 Å². The van der Waals surface area contributed by atoms with Gasteiger partial charge in [-0.05, 0) is 29.7 Å². The molecule has 7 nitrogen and oxygen atoms in total. The van der Waals surface area contributed by atoms with Gasteiger partial charge in [0.1, 0.15) is 5.69 Å². The van der Waals surface area contributed by atoms with Crippen LogP contribution in [0.1, 0.15) is 22.7 Å². The zero-order chi connectivity index (χ0) is 25.5. The van der Waals surface area contributed by atoms with E-state index in [1.165, 1.54) is 5.56 Å². The number of anilines is 1. The fourth-order valence-corrected chi connectivity index (χ4v) is 4.68. The van der Waals surface area contributed by atoms with E-state index in [0.717, 1.165) is 50.2 Å². The number of carbonyl (C=O) groups is 1. The van der Waals surface area contributed by atoms with E-state index in [4.69, 9.17) is 9.97 Å². The molecule has 186 valence electrons. The molecule has 1 amide bonds. The Morgan fingerprint density at radius 2 is 1.43 bits per heavy atom. The minimum atomic E-state index is -1.05. The molecule has 37 heavy (non-hydrogen) atoms. The molecular formula is C30H30N6O. The molecule has 0 bridgehead atoms. The third-order valence-electron chi connectivity index (χ3n) is 6.78. The molecule has 1 saturated heterocycles. The first-order valence-electron chi connectivity index (χ1n) is 12.7. The van der Waals surface area contributed by atoms with E-state index < -0.39 is 5.92 Å². The van der Waals surface area contributed by atoms with Gasteiger partial charge in [-0.3, -0.25) is 9.69 Å². The lowest BCUT2D eigenvalue weighted by atomic mass is 10.0. The van der Waals surface area contributed by atoms with Gasteiger partial charge in [-0.25, -0.2) is 9.97 Å². The van der Waals surface area contributed by atoms with Crippen LogP contribution in [0.2, 0.25) is 0 Å². The normalized spacial score (nSPS) is 14.7. The lowest BCUT2D eigenvalue weighted by Gasteiger charge is -2.36. The molecule has 5 rings (SSSR count). The Labute approximate surface area is 217 Å². The van der Waals surface area contributed by atoms with Crippen LogP contribution in [-0.2, 0) is 17.8 Å². The summed E-state index contributed by atoms with van der Waals surface area (Å²) in [5.41, 5.74) is 4.17. The summed E-state index contributed by atoms with van der Waals surface area (Å²) in [5.74, 6) is -0.784. The predicted molar refractivity (Wildman–Crippen MR) is 145 cm³/mol. The van der Waals surface area contributed by atoms with E-state index in [9.17, 15) is 10.1 Å². The number of nitriles is 1. The van der Waals surface area contributed by atoms with E-state index in [2.05, 4.69) is 45.5 Å². The van der Waals surface area contributed by atoms with Gasteiger partial charge in [-0.2, -0.15) is 5.26 Å². The summed E-state index contributed by atoms with van der Waals surface area (Å²) >= 11 is 0. The predicted octanol–water partition coefficient (Wildman–Crippen LogP) is 3.92. The lowest BCUT2D eigenvalue weighted by molar-refractivity contribution is -0.121. The van der Waals surface area contributed by atoms with Gasteiger partial charge < -0.3 is 10.2 Å². The van der Waals surface area contributed by atoms with Crippen LogP contribution in [0, 0.1) is 11.3 Å². The quantitative estimate of drug-likeness (QED) is 0.403. The monoisotopic (exact) mass is 490 g/mol. The Bertz CT molecular complexity index is 1380. The van der Waals surface area contributed by atoms with Crippen LogP contribution >= 0.6 is 0 Å². The van der Waals surface area contributed by atoms with Gasteiger partial charge in [-0.15, -0.1) is 0 Å². The fraction of sp³-hybridized carbons (Fsp3) is 0.267. The number of amides is 1. The van der Waals surface area contributed by atoms with Crippen LogP contribution in [-0.4, -0.2) is 53.5 Å². The molecule has 0 saturated carbocycles. The van der Waals surface area contributed by atoms with Crippen molar-refractivity contribution in [3.8, 4) is 6.07 Å². The van der Waals surface area contributed by atoms with E-state index in [0.29, 0.717) is 23.6 Å². The maximum absolute atomic E-state index is 13.2. The third kappa shape index (κ3) is 5.93. The summed E-state index contributed by atoms with van der Waals surface area (Å²) in [4.78, 5) is 27.5. The number of nitrogens with one attached hydrogen (secondary N) is 1. The van der Waals surface area contributed by atoms with Crippen molar-refractivity contribution in [2.45, 2.75) is 18.9 Å². The number of benzene rings is 3. The molecular weight excluding hydrogens is 460 g/mol. The highest BCUT2D eigenvalue weighted by molar-refractivity contribution is 5.88. The number of carbonyl (C=O) groups excluding carboxylic acids is 1. The summed E-state index contributed by atoms with van der Waals surface area (Å²) < 4.78 is 0. The van der Waals surface area contributed by atoms with Crippen molar-refractivity contribution in [1.29, 1.82) is 5.26 Å². The molecule has 7 heteroatoms. The number of nitrogens with zero attached hydrogens (tertiary/aromatic N) is 5. The summed E-state index contributed by atoms with van der Waals surface area (Å²) in [6, 6.07) is 30.0. The van der Waals surface area contributed by atoms with Gasteiger partial charge >= 0.3 is 0 Å². The molecule has 1 aliphatic heterocycles. The molecule has 0 aliphatic carbocycles. The number of hydrogen-bond acceptors (Lipinski definition) is 6. The van der Waals surface area contributed by atoms with E-state index >= 15 is 0 Å². The Hall–Kier alpha value is -4.28. The highest BCUT2D eigenvalue weighted by atomic mass is 16.1. The lowest BCUT2D eigenvalue weighted by Crippen LogP contribution is -2.47. The number of rotatable bonds is 8. The summed E-state index contributed by atoms with van der Waals surface area (Å²) in [6.07, 6.45) is 1.01. The number of aromatic nitrogens is 2. The van der Waals surface area contributed by atoms with Crippen LogP contribution in [0.4, 0.5) is 5.82 Å². The minimum absolute atomic E-state index is 0.355. The number of fused-ring (bicyclic) bond motifs is 1. The van der Waals surface area contributed by atoms with Gasteiger partial charge in [0.15, 0.2) is 11.7 Å². The van der Waals surface area contributed by atoms with Crippen molar-refractivity contribution in [3.05, 3.63) is 102 Å². The second-order valence-corrected chi connectivity index (χ2v) is 9.25. The first-order valence-corrected chi connectivity index (χ1v) is 12.7. The van der Waals surface area contributed by atoms with Crippen LogP contribution < -0.4 is 10.2 Å². The van der Waals surface area contributed by atoms with Crippen LogP contribution in [0.25, 0.3) is 11.0 Å². The minimum Gasteiger partial charge on any atom is -0.352 e. The number of hydrogen-bond donors (Lipinski definition) is 1. The fourth-order valence-electron chi connectivity index (χ4n) is 4.68. The van der Waals surface area contributed by atoms with E-state index in [1.54, 1.807) is 0 Å². The van der Waals surface area contributed by atoms with E-state index in [1.807, 2.05) is 60.7 Å². The topological polar surface area (TPSA) is 85.1 Å². The van der Waals surface area contributed by atoms with Gasteiger partial charge in [0.05, 0.1) is 17.1 Å². The third-order valence-corrected chi connectivity index (χ3v) is 6.78. The van der Waals surface area contributed by atoms with Gasteiger partial charge in [0, 0.05) is 39.3 Å². The average Bonchev–Trinajstić information content (AvgIpc) is 2.96. The van der Waals surface area contributed by atoms with Crippen molar-refractivity contribution in [3.63, 3.8) is 0 Å². The van der Waals surface area contributed by atoms with Crippen LogP contribution in [0.15, 0.2) is 84.9 Å². The summed E-state index contributed by atoms with van der Waals surface area (Å²) in [5, 5.41) is 13.0. The molecule has 0 spiro atoms. The molecule has 4 aromatic rings. The zero-order valence-corrected chi connectivity index (χ0v) is 20.8. The first-order chi connectivity index (χ1) is 18.2. The van der Waals surface area contributed by atoms with Gasteiger partial charge in [-0.1, -0.05) is 72.8 Å². The maximum atomic E-state index is 13.2. The zero-order valence-electron chi connectivity index (χ0n) is 20.8. The Balaban J connectivity index is 1.33. The van der Waals surface area contributed by atoms with Crippen molar-refractivity contribution >= 4 is 22.8 Å². The molecule has 1 aromatic heterocycles. The molecule has 1 aliphatic rings. The van der Waals surface area contributed by atoms with Crippen LogP contribution in [0.5, 0.6) is 0 Å². The second-order valence-electron chi connectivity index (χ2n) is 9.25. The molecule has 3 aromatic carbocycles. The molecule has 0 radical (unpaired) electrons. The summed E-state index contributed by atoms with van der Waals surface area (Å²) in [6.45, 7) is 4.65. The molecule has 2 heterocycles. The number of piperazine rings is 1. The van der Waals surface area contributed by atoms with Gasteiger partial charge in [0.25, 0.3) is 0 Å². The van der Waals surface area contributed by atoms with Crippen molar-refractivity contribution in [1.82, 2.24) is 20.2 Å². The van der Waals surface area contributed by atoms with Crippen LogP contribution in [0.3, 0.4) is 0 Å². The Morgan fingerprint density at radius 1 is 0.838 bits per heavy atom. The van der Waals surface area contributed by atoms with Crippen molar-refractivity contribution < 1.29 is 4.79 Å². The maximum Gasteiger partial charge on any atom is 0.243 e. The highest BCUT2D eigenvalue weighted by Gasteiger charge is 2.30. The highest BCUT2D eigenvalue weighted by Crippen LogP contribution is 2.28. The van der Waals surface area contributed by atoms with Gasteiger partial charge in [0.2, 0.25) is 5.91 Å². The standard InChI is InChI=1S/C30H30N6O/c31-21-25(30(37)32-22-24-11-5-2-6-12-24)28-29(34-27-14-8-7-13-26(27)33-28)36-19-17-35(18-20-36)16-15-23-9-3-1-4-10-23/h1-14,25H,15-20,22H2,(H,32,37)/t25-/m1/s1. The smallest absolute Gasteiger partial charge is 0.243 e. The summed E-state index contributed by atoms with van der Waals surface area (Å²) in [7, 11) is 0. The molecule has 1 fully saturated rings. The number of para-hydroxylation sites is 2.